The largest absolute Gasteiger partial charge is 0.396 e. The zero-order valence-corrected chi connectivity index (χ0v) is 11.0. The first kappa shape index (κ1) is 11.7. The molecule has 0 unspecified atom stereocenters. The summed E-state index contributed by atoms with van der Waals surface area (Å²) < 4.78 is 3.92. The van der Waals surface area contributed by atoms with Crippen molar-refractivity contribution in [3.8, 4) is 0 Å². The summed E-state index contributed by atoms with van der Waals surface area (Å²) in [6, 6.07) is 4.17. The second kappa shape index (κ2) is 4.38. The highest BCUT2D eigenvalue weighted by Crippen LogP contribution is 2.19. The fourth-order valence-electron chi connectivity index (χ4n) is 2.24. The molecule has 19 heavy (non-hydrogen) atoms. The van der Waals surface area contributed by atoms with Gasteiger partial charge in [-0.05, 0) is 26.0 Å². The van der Waals surface area contributed by atoms with Crippen LogP contribution in [0.5, 0.6) is 0 Å². The van der Waals surface area contributed by atoms with Crippen LogP contribution >= 0.6 is 0 Å². The van der Waals surface area contributed by atoms with Crippen molar-refractivity contribution in [3.63, 3.8) is 0 Å². The summed E-state index contributed by atoms with van der Waals surface area (Å²) in [7, 11) is 0. The molecule has 0 spiro atoms. The van der Waals surface area contributed by atoms with Gasteiger partial charge in [-0.15, -0.1) is 0 Å². The summed E-state index contributed by atoms with van der Waals surface area (Å²) in [5, 5.41) is 4.20. The number of nitrogens with two attached hydrogens (primary N) is 1. The van der Waals surface area contributed by atoms with Gasteiger partial charge in [0.25, 0.3) is 0 Å². The maximum absolute atomic E-state index is 5.68. The molecule has 6 nitrogen and oxygen atoms in total. The lowest BCUT2D eigenvalue weighted by Crippen LogP contribution is -2.11. The Hall–Kier alpha value is -2.37. The fraction of sp³-hybridized carbons (Fsp3) is 0.308. The predicted octanol–water partition coefficient (Wildman–Crippen LogP) is 1.84. The molecule has 0 amide bonds. The summed E-state index contributed by atoms with van der Waals surface area (Å²) in [4.78, 5) is 9.05. The van der Waals surface area contributed by atoms with Crippen molar-refractivity contribution in [1.82, 2.24) is 24.3 Å². The smallest absolute Gasteiger partial charge is 0.160 e. The molecule has 0 aliphatic heterocycles. The number of aromatic nitrogens is 5. The van der Waals surface area contributed by atoms with E-state index < -0.39 is 0 Å². The van der Waals surface area contributed by atoms with Gasteiger partial charge in [-0.2, -0.15) is 5.10 Å². The second-order valence-corrected chi connectivity index (χ2v) is 4.81. The zero-order valence-electron chi connectivity index (χ0n) is 11.0. The van der Waals surface area contributed by atoms with Gasteiger partial charge < -0.3 is 10.3 Å². The van der Waals surface area contributed by atoms with E-state index >= 15 is 0 Å². The monoisotopic (exact) mass is 256 g/mol. The number of imidazole rings is 1. The van der Waals surface area contributed by atoms with Crippen molar-refractivity contribution in [2.24, 2.45) is 0 Å². The maximum atomic E-state index is 5.68. The van der Waals surface area contributed by atoms with E-state index in [9.17, 15) is 0 Å². The van der Waals surface area contributed by atoms with Gasteiger partial charge >= 0.3 is 0 Å². The first-order valence-electron chi connectivity index (χ1n) is 6.25. The first-order valence-corrected chi connectivity index (χ1v) is 6.25. The van der Waals surface area contributed by atoms with Gasteiger partial charge in [0.1, 0.15) is 11.3 Å². The number of fused-ring (bicyclic) bond motifs is 1. The number of nitrogens with zero attached hydrogens (tertiary/aromatic N) is 5. The number of hydrogen-bond acceptors (Lipinski definition) is 4. The van der Waals surface area contributed by atoms with Crippen LogP contribution in [0.25, 0.3) is 11.2 Å². The molecule has 3 aromatic heterocycles. The molecule has 3 aromatic rings. The Bertz CT molecular complexity index is 709. The van der Waals surface area contributed by atoms with Crippen molar-refractivity contribution in [2.75, 3.05) is 5.73 Å². The van der Waals surface area contributed by atoms with Crippen LogP contribution < -0.4 is 5.73 Å². The van der Waals surface area contributed by atoms with Gasteiger partial charge in [0.05, 0.1) is 18.4 Å². The van der Waals surface area contributed by atoms with Crippen LogP contribution in [0, 0.1) is 0 Å². The van der Waals surface area contributed by atoms with Crippen molar-refractivity contribution in [2.45, 2.75) is 26.4 Å². The van der Waals surface area contributed by atoms with Crippen molar-refractivity contribution >= 4 is 16.9 Å². The molecule has 3 heterocycles. The normalized spacial score (nSPS) is 11.5. The fourth-order valence-corrected chi connectivity index (χ4v) is 2.24. The van der Waals surface area contributed by atoms with E-state index in [0.717, 1.165) is 17.0 Å². The van der Waals surface area contributed by atoms with Crippen LogP contribution in [0.2, 0.25) is 0 Å². The third-order valence-electron chi connectivity index (χ3n) is 2.99. The molecule has 0 aliphatic rings. The SMILES string of the molecule is CC(C)n1c(Cn2cc(N)cn2)nc2cccnc21. The van der Waals surface area contributed by atoms with Gasteiger partial charge in [-0.25, -0.2) is 9.97 Å². The Balaban J connectivity index is 2.09. The molecule has 0 saturated heterocycles. The minimum atomic E-state index is 0.294. The molecule has 0 aromatic carbocycles. The van der Waals surface area contributed by atoms with Crippen LogP contribution in [0.15, 0.2) is 30.7 Å². The highest BCUT2D eigenvalue weighted by atomic mass is 15.3. The quantitative estimate of drug-likeness (QED) is 0.776. The minimum Gasteiger partial charge on any atom is -0.396 e. The van der Waals surface area contributed by atoms with E-state index in [2.05, 4.69) is 33.5 Å². The van der Waals surface area contributed by atoms with Crippen LogP contribution in [0.4, 0.5) is 5.69 Å². The average molecular weight is 256 g/mol. The molecule has 0 bridgehead atoms. The summed E-state index contributed by atoms with van der Waals surface area (Å²) in [6.45, 7) is 4.83. The molecule has 2 N–H and O–H groups in total. The van der Waals surface area contributed by atoms with Crippen molar-refractivity contribution in [3.05, 3.63) is 36.5 Å². The highest BCUT2D eigenvalue weighted by molar-refractivity contribution is 5.71. The molecule has 98 valence electrons. The van der Waals surface area contributed by atoms with Gasteiger partial charge in [-0.3, -0.25) is 4.68 Å². The van der Waals surface area contributed by atoms with E-state index in [1.54, 1.807) is 23.3 Å². The average Bonchev–Trinajstić information content (AvgIpc) is 2.92. The molecule has 0 fully saturated rings. The summed E-state index contributed by atoms with van der Waals surface area (Å²) >= 11 is 0. The molecule has 3 rings (SSSR count). The number of anilines is 1. The van der Waals surface area contributed by atoms with Crippen molar-refractivity contribution < 1.29 is 0 Å². The molecular formula is C13H16N6. The van der Waals surface area contributed by atoms with E-state index in [-0.39, 0.29) is 0 Å². The lowest BCUT2D eigenvalue weighted by molar-refractivity contribution is 0.548. The second-order valence-electron chi connectivity index (χ2n) is 4.81. The van der Waals surface area contributed by atoms with Crippen LogP contribution in [-0.2, 0) is 6.54 Å². The van der Waals surface area contributed by atoms with Gasteiger partial charge in [0.2, 0.25) is 0 Å². The number of nitrogen functional groups attached to an aromatic ring is 1. The predicted molar refractivity (Wildman–Crippen MR) is 73.7 cm³/mol. The topological polar surface area (TPSA) is 74.5 Å². The summed E-state index contributed by atoms with van der Waals surface area (Å²) in [5.41, 5.74) is 8.16. The lowest BCUT2D eigenvalue weighted by atomic mass is 10.3. The summed E-state index contributed by atoms with van der Waals surface area (Å²) in [6.07, 6.45) is 5.23. The number of rotatable bonds is 3. The Morgan fingerprint density at radius 3 is 2.89 bits per heavy atom. The van der Waals surface area contributed by atoms with E-state index in [4.69, 9.17) is 5.73 Å². The third kappa shape index (κ3) is 2.05. The molecule has 0 aliphatic carbocycles. The summed E-state index contributed by atoms with van der Waals surface area (Å²) in [5.74, 6) is 0.937. The Morgan fingerprint density at radius 2 is 2.21 bits per heavy atom. The minimum absolute atomic E-state index is 0.294. The zero-order chi connectivity index (χ0) is 13.4. The van der Waals surface area contributed by atoms with E-state index in [0.29, 0.717) is 18.3 Å². The molecule has 6 heteroatoms. The molecular weight excluding hydrogens is 240 g/mol. The van der Waals surface area contributed by atoms with E-state index in [1.807, 2.05) is 12.1 Å². The number of pyridine rings is 1. The van der Waals surface area contributed by atoms with Crippen LogP contribution in [0.3, 0.4) is 0 Å². The standard InChI is InChI=1S/C13H16N6/c1-9(2)19-12(8-18-7-10(14)6-16-18)17-11-4-3-5-15-13(11)19/h3-7,9H,8,14H2,1-2H3. The first-order chi connectivity index (χ1) is 9.15. The van der Waals surface area contributed by atoms with E-state index in [1.165, 1.54) is 0 Å². The van der Waals surface area contributed by atoms with Gasteiger partial charge in [0, 0.05) is 18.4 Å². The Morgan fingerprint density at radius 1 is 1.37 bits per heavy atom. The lowest BCUT2D eigenvalue weighted by Gasteiger charge is -2.12. The molecule has 0 saturated carbocycles. The maximum Gasteiger partial charge on any atom is 0.160 e. The van der Waals surface area contributed by atoms with Gasteiger partial charge in [-0.1, -0.05) is 0 Å². The third-order valence-corrected chi connectivity index (χ3v) is 2.99. The van der Waals surface area contributed by atoms with Gasteiger partial charge in [0.15, 0.2) is 5.65 Å². The van der Waals surface area contributed by atoms with Crippen molar-refractivity contribution in [1.29, 1.82) is 0 Å². The molecule has 0 atom stereocenters. The Labute approximate surface area is 110 Å². The van der Waals surface area contributed by atoms with Crippen LogP contribution in [-0.4, -0.2) is 24.3 Å². The Kier molecular flexibility index (Phi) is 2.70. The number of hydrogen-bond donors (Lipinski definition) is 1. The van der Waals surface area contributed by atoms with Crippen LogP contribution in [0.1, 0.15) is 25.7 Å². The molecule has 0 radical (unpaired) electrons. The highest BCUT2D eigenvalue weighted by Gasteiger charge is 2.14.